The first-order valence-corrected chi connectivity index (χ1v) is 10.0. The van der Waals surface area contributed by atoms with Gasteiger partial charge in [-0.3, -0.25) is 4.79 Å². The molecule has 3 nitrogen and oxygen atoms in total. The highest BCUT2D eigenvalue weighted by molar-refractivity contribution is 5.93. The Hall–Kier alpha value is -1.58. The molecule has 1 N–H and O–H groups in total. The van der Waals surface area contributed by atoms with E-state index in [-0.39, 0.29) is 18.3 Å². The van der Waals surface area contributed by atoms with Gasteiger partial charge in [-0.2, -0.15) is 0 Å². The Kier molecular flexibility index (Phi) is 7.69. The largest absolute Gasteiger partial charge is 0.481 e. The van der Waals surface area contributed by atoms with E-state index in [1.807, 2.05) is 24.3 Å². The highest BCUT2D eigenvalue weighted by Crippen LogP contribution is 2.41. The van der Waals surface area contributed by atoms with Gasteiger partial charge in [-0.1, -0.05) is 69.2 Å². The van der Waals surface area contributed by atoms with Crippen molar-refractivity contribution < 1.29 is 9.90 Å². The lowest BCUT2D eigenvalue weighted by atomic mass is 9.66. The normalized spacial score (nSPS) is 18.4. The van der Waals surface area contributed by atoms with Crippen molar-refractivity contribution >= 4 is 29.1 Å². The van der Waals surface area contributed by atoms with Crippen LogP contribution in [0.25, 0.3) is 10.8 Å². The van der Waals surface area contributed by atoms with Crippen molar-refractivity contribution in [3.05, 3.63) is 48.0 Å². The number of hydrogen-bond acceptors (Lipinski definition) is 2. The van der Waals surface area contributed by atoms with E-state index in [1.165, 1.54) is 19.3 Å². The van der Waals surface area contributed by atoms with Crippen LogP contribution in [0.4, 0.5) is 0 Å². The van der Waals surface area contributed by atoms with Crippen molar-refractivity contribution in [1.82, 2.24) is 4.90 Å². The third-order valence-electron chi connectivity index (χ3n) is 6.38. The quantitative estimate of drug-likeness (QED) is 0.679. The summed E-state index contributed by atoms with van der Waals surface area (Å²) >= 11 is 0. The van der Waals surface area contributed by atoms with E-state index in [4.69, 9.17) is 0 Å². The molecule has 1 aliphatic heterocycles. The Morgan fingerprint density at radius 1 is 1.11 bits per heavy atom. The summed E-state index contributed by atoms with van der Waals surface area (Å²) < 4.78 is 0. The van der Waals surface area contributed by atoms with E-state index in [9.17, 15) is 9.90 Å². The number of halogens is 1. The summed E-state index contributed by atoms with van der Waals surface area (Å²) in [5.41, 5.74) is 0.141. The van der Waals surface area contributed by atoms with E-state index in [2.05, 4.69) is 36.9 Å². The Morgan fingerprint density at radius 2 is 1.78 bits per heavy atom. The van der Waals surface area contributed by atoms with Gasteiger partial charge >= 0.3 is 5.97 Å². The number of fused-ring (bicyclic) bond motifs is 1. The van der Waals surface area contributed by atoms with Crippen molar-refractivity contribution in [1.29, 1.82) is 0 Å². The summed E-state index contributed by atoms with van der Waals surface area (Å²) in [6, 6.07) is 14.3. The minimum Gasteiger partial charge on any atom is -0.481 e. The summed E-state index contributed by atoms with van der Waals surface area (Å²) in [7, 11) is 0. The number of carbonyl (C=O) groups is 1. The van der Waals surface area contributed by atoms with Crippen LogP contribution in [0.5, 0.6) is 0 Å². The van der Waals surface area contributed by atoms with Crippen LogP contribution >= 0.6 is 12.4 Å². The zero-order valence-corrected chi connectivity index (χ0v) is 17.3. The molecule has 148 valence electrons. The topological polar surface area (TPSA) is 40.5 Å². The van der Waals surface area contributed by atoms with Crippen LogP contribution in [0.15, 0.2) is 42.5 Å². The summed E-state index contributed by atoms with van der Waals surface area (Å²) in [6.45, 7) is 7.28. The fourth-order valence-electron chi connectivity index (χ4n) is 4.56. The maximum Gasteiger partial charge on any atom is 0.314 e. The van der Waals surface area contributed by atoms with E-state index in [0.29, 0.717) is 6.42 Å². The molecule has 2 atom stereocenters. The molecule has 0 saturated carbocycles. The number of carboxylic acids is 1. The van der Waals surface area contributed by atoms with Gasteiger partial charge in [-0.15, -0.1) is 12.4 Å². The average Bonchev–Trinajstić information content (AvgIpc) is 2.68. The van der Waals surface area contributed by atoms with Crippen LogP contribution in [0.2, 0.25) is 0 Å². The van der Waals surface area contributed by atoms with Gasteiger partial charge < -0.3 is 10.0 Å². The van der Waals surface area contributed by atoms with Crippen molar-refractivity contribution in [2.24, 2.45) is 5.92 Å². The Labute approximate surface area is 169 Å². The molecule has 2 aromatic rings. The van der Waals surface area contributed by atoms with Crippen molar-refractivity contribution in [3.63, 3.8) is 0 Å². The molecule has 1 saturated heterocycles. The smallest absolute Gasteiger partial charge is 0.314 e. The van der Waals surface area contributed by atoms with Crippen molar-refractivity contribution in [2.75, 3.05) is 19.6 Å². The zero-order valence-electron chi connectivity index (χ0n) is 16.5. The Bertz CT molecular complexity index is 752. The molecule has 3 rings (SSSR count). The predicted molar refractivity (Wildman–Crippen MR) is 115 cm³/mol. The number of likely N-dealkylation sites (tertiary alicyclic amines) is 1. The third-order valence-corrected chi connectivity index (χ3v) is 6.38. The molecule has 1 heterocycles. The third kappa shape index (κ3) is 4.30. The maximum absolute atomic E-state index is 12.7. The monoisotopic (exact) mass is 389 g/mol. The summed E-state index contributed by atoms with van der Waals surface area (Å²) in [4.78, 5) is 15.2. The van der Waals surface area contributed by atoms with Gasteiger partial charge in [0, 0.05) is 0 Å². The van der Waals surface area contributed by atoms with Crippen LogP contribution in [-0.4, -0.2) is 35.6 Å². The molecule has 1 aliphatic rings. The van der Waals surface area contributed by atoms with Gasteiger partial charge in [0.05, 0.1) is 5.41 Å². The first kappa shape index (κ1) is 21.7. The second kappa shape index (κ2) is 9.57. The predicted octanol–water partition coefficient (Wildman–Crippen LogP) is 5.51. The standard InChI is InChI=1S/C23H31NO2.ClH/c1-3-18(2)23(22(25)26,14-17-24-15-7-4-8-16-24)21-13-9-11-19-10-5-6-12-20(19)21;/h5-6,9-13,18H,3-4,7-8,14-17H2,1-2H3,(H,25,26);1H. The van der Waals surface area contributed by atoms with Crippen LogP contribution in [0.3, 0.4) is 0 Å². The van der Waals surface area contributed by atoms with Gasteiger partial charge in [0.25, 0.3) is 0 Å². The number of hydrogen-bond donors (Lipinski definition) is 1. The molecule has 2 aromatic carbocycles. The highest BCUT2D eigenvalue weighted by atomic mass is 35.5. The zero-order chi connectivity index (χ0) is 18.6. The summed E-state index contributed by atoms with van der Waals surface area (Å²) in [6.07, 6.45) is 5.30. The van der Waals surface area contributed by atoms with Crippen LogP contribution < -0.4 is 0 Å². The van der Waals surface area contributed by atoms with Crippen LogP contribution in [-0.2, 0) is 10.2 Å². The molecule has 4 heteroatoms. The minimum atomic E-state index is -0.840. The number of aliphatic carboxylic acids is 1. The van der Waals surface area contributed by atoms with Gasteiger partial charge in [0.15, 0.2) is 0 Å². The lowest BCUT2D eigenvalue weighted by Gasteiger charge is -2.38. The molecule has 0 aliphatic carbocycles. The van der Waals surface area contributed by atoms with Gasteiger partial charge in [-0.25, -0.2) is 0 Å². The van der Waals surface area contributed by atoms with E-state index < -0.39 is 11.4 Å². The number of carboxylic acid groups (broad SMARTS) is 1. The molecule has 2 unspecified atom stereocenters. The second-order valence-electron chi connectivity index (χ2n) is 7.76. The maximum atomic E-state index is 12.7. The first-order chi connectivity index (χ1) is 12.6. The second-order valence-corrected chi connectivity index (χ2v) is 7.76. The molecule has 27 heavy (non-hydrogen) atoms. The van der Waals surface area contributed by atoms with E-state index >= 15 is 0 Å². The molecule has 0 bridgehead atoms. The number of piperidine rings is 1. The average molecular weight is 390 g/mol. The lowest BCUT2D eigenvalue weighted by molar-refractivity contribution is -0.146. The molecule has 0 aromatic heterocycles. The SMILES string of the molecule is CCC(C)C(CCN1CCCCC1)(C(=O)O)c1cccc2ccccc12.Cl. The van der Waals surface area contributed by atoms with Gasteiger partial charge in [-0.05, 0) is 61.2 Å². The number of nitrogens with zero attached hydrogens (tertiary/aromatic N) is 1. The fourth-order valence-corrected chi connectivity index (χ4v) is 4.56. The molecule has 0 spiro atoms. The molecule has 1 fully saturated rings. The number of benzene rings is 2. The molecule has 0 radical (unpaired) electrons. The fraction of sp³-hybridized carbons (Fsp3) is 0.522. The van der Waals surface area contributed by atoms with E-state index in [0.717, 1.165) is 42.4 Å². The summed E-state index contributed by atoms with van der Waals surface area (Å²) in [5.74, 6) is -0.601. The van der Waals surface area contributed by atoms with Crippen molar-refractivity contribution in [2.45, 2.75) is 51.4 Å². The minimum absolute atomic E-state index is 0. The molecular weight excluding hydrogens is 358 g/mol. The lowest BCUT2D eigenvalue weighted by Crippen LogP contribution is -2.45. The van der Waals surface area contributed by atoms with Crippen molar-refractivity contribution in [3.8, 4) is 0 Å². The highest BCUT2D eigenvalue weighted by Gasteiger charge is 2.45. The number of rotatable bonds is 7. The summed E-state index contributed by atoms with van der Waals surface area (Å²) in [5, 5.41) is 12.7. The first-order valence-electron chi connectivity index (χ1n) is 10.0. The van der Waals surface area contributed by atoms with Gasteiger partial charge in [0.2, 0.25) is 0 Å². The molecule has 0 amide bonds. The van der Waals surface area contributed by atoms with E-state index in [1.54, 1.807) is 0 Å². The molecular formula is C23H32ClNO2. The van der Waals surface area contributed by atoms with Crippen LogP contribution in [0, 0.1) is 5.92 Å². The Morgan fingerprint density at radius 3 is 2.44 bits per heavy atom. The Balaban J connectivity index is 0.00000261. The van der Waals surface area contributed by atoms with Gasteiger partial charge in [0.1, 0.15) is 0 Å². The van der Waals surface area contributed by atoms with Crippen LogP contribution in [0.1, 0.15) is 51.5 Å².